The Morgan fingerprint density at radius 3 is 2.75 bits per heavy atom. The SMILES string of the molecule is CNNC=C[N+](=O)[O-]. The Hall–Kier alpha value is -1.10. The van der Waals surface area contributed by atoms with E-state index in [4.69, 9.17) is 0 Å². The van der Waals surface area contributed by atoms with Gasteiger partial charge in [-0.1, -0.05) is 0 Å². The molecular formula is C3H7N3O2. The summed E-state index contributed by atoms with van der Waals surface area (Å²) >= 11 is 0. The first kappa shape index (κ1) is 6.90. The highest BCUT2D eigenvalue weighted by molar-refractivity contribution is 4.64. The molecule has 0 saturated heterocycles. The minimum atomic E-state index is -0.551. The fourth-order valence-electron chi connectivity index (χ4n) is 0.181. The monoisotopic (exact) mass is 117 g/mol. The maximum atomic E-state index is 9.53. The molecule has 2 N–H and O–H groups in total. The molecule has 0 rings (SSSR count). The number of rotatable bonds is 3. The number of nitrogens with zero attached hydrogens (tertiary/aromatic N) is 1. The van der Waals surface area contributed by atoms with Crippen LogP contribution in [0.2, 0.25) is 0 Å². The van der Waals surface area contributed by atoms with Crippen molar-refractivity contribution >= 4 is 0 Å². The van der Waals surface area contributed by atoms with Gasteiger partial charge in [0, 0.05) is 7.05 Å². The third-order valence-corrected chi connectivity index (χ3v) is 0.424. The maximum Gasteiger partial charge on any atom is 0.251 e. The Bertz CT molecular complexity index is 101. The predicted octanol–water partition coefficient (Wildman–Crippen LogP) is -0.542. The Labute approximate surface area is 46.5 Å². The molecule has 0 aromatic carbocycles. The summed E-state index contributed by atoms with van der Waals surface area (Å²) in [6.45, 7) is 0. The van der Waals surface area contributed by atoms with Crippen LogP contribution < -0.4 is 10.9 Å². The lowest BCUT2D eigenvalue weighted by atomic mass is 10.9. The van der Waals surface area contributed by atoms with Gasteiger partial charge in [-0.05, 0) is 0 Å². The number of hydrazine groups is 1. The van der Waals surface area contributed by atoms with Crippen molar-refractivity contribution in [2.45, 2.75) is 0 Å². The standard InChI is InChI=1S/C3H7N3O2/c1-4-5-2-3-6(7)8/h2-5H,1H3. The van der Waals surface area contributed by atoms with E-state index in [1.165, 1.54) is 6.20 Å². The molecule has 0 aliphatic heterocycles. The van der Waals surface area contributed by atoms with Crippen LogP contribution in [0, 0.1) is 10.1 Å². The molecule has 0 saturated carbocycles. The molecule has 0 fully saturated rings. The van der Waals surface area contributed by atoms with E-state index < -0.39 is 4.92 Å². The van der Waals surface area contributed by atoms with Crippen molar-refractivity contribution in [3.05, 3.63) is 22.5 Å². The Morgan fingerprint density at radius 1 is 1.75 bits per heavy atom. The number of hydrogen-bond donors (Lipinski definition) is 2. The molecule has 0 radical (unpaired) electrons. The van der Waals surface area contributed by atoms with Gasteiger partial charge in [-0.2, -0.15) is 0 Å². The van der Waals surface area contributed by atoms with Crippen molar-refractivity contribution in [3.63, 3.8) is 0 Å². The van der Waals surface area contributed by atoms with Crippen molar-refractivity contribution < 1.29 is 4.92 Å². The zero-order chi connectivity index (χ0) is 6.41. The van der Waals surface area contributed by atoms with E-state index in [0.29, 0.717) is 0 Å². The molecule has 8 heavy (non-hydrogen) atoms. The van der Waals surface area contributed by atoms with Crippen molar-refractivity contribution in [3.8, 4) is 0 Å². The van der Waals surface area contributed by atoms with Crippen LogP contribution in [0.15, 0.2) is 12.4 Å². The second-order valence-corrected chi connectivity index (χ2v) is 0.995. The molecule has 5 heteroatoms. The fourth-order valence-corrected chi connectivity index (χ4v) is 0.181. The zero-order valence-electron chi connectivity index (χ0n) is 4.42. The molecule has 0 aliphatic carbocycles. The van der Waals surface area contributed by atoms with Gasteiger partial charge in [0.2, 0.25) is 0 Å². The molecular weight excluding hydrogens is 110 g/mol. The Balaban J connectivity index is 3.20. The van der Waals surface area contributed by atoms with Crippen LogP contribution in [0.5, 0.6) is 0 Å². The van der Waals surface area contributed by atoms with Gasteiger partial charge in [0.25, 0.3) is 6.20 Å². The molecule has 5 nitrogen and oxygen atoms in total. The second kappa shape index (κ2) is 4.07. The predicted molar refractivity (Wildman–Crippen MR) is 28.3 cm³/mol. The minimum Gasteiger partial charge on any atom is -0.323 e. The molecule has 0 heterocycles. The van der Waals surface area contributed by atoms with Crippen LogP contribution in [0.25, 0.3) is 0 Å². The smallest absolute Gasteiger partial charge is 0.251 e. The van der Waals surface area contributed by atoms with E-state index >= 15 is 0 Å². The van der Waals surface area contributed by atoms with Gasteiger partial charge < -0.3 is 5.43 Å². The first-order valence-electron chi connectivity index (χ1n) is 2.00. The average molecular weight is 117 g/mol. The second-order valence-electron chi connectivity index (χ2n) is 0.995. The van der Waals surface area contributed by atoms with Gasteiger partial charge in [0.15, 0.2) is 0 Å². The summed E-state index contributed by atoms with van der Waals surface area (Å²) in [6, 6.07) is 0. The van der Waals surface area contributed by atoms with Crippen LogP contribution in [0.3, 0.4) is 0 Å². The Morgan fingerprint density at radius 2 is 2.38 bits per heavy atom. The first-order chi connectivity index (χ1) is 3.77. The quantitative estimate of drug-likeness (QED) is 0.384. The summed E-state index contributed by atoms with van der Waals surface area (Å²) in [5, 5.41) is 9.53. The van der Waals surface area contributed by atoms with E-state index in [-0.39, 0.29) is 0 Å². The lowest BCUT2D eigenvalue weighted by molar-refractivity contribution is -0.402. The highest BCUT2D eigenvalue weighted by Gasteiger charge is 1.78. The van der Waals surface area contributed by atoms with E-state index in [9.17, 15) is 10.1 Å². The molecule has 0 aromatic rings. The van der Waals surface area contributed by atoms with E-state index in [0.717, 1.165) is 6.20 Å². The highest BCUT2D eigenvalue weighted by atomic mass is 16.6. The third-order valence-electron chi connectivity index (χ3n) is 0.424. The molecule has 46 valence electrons. The largest absolute Gasteiger partial charge is 0.323 e. The summed E-state index contributed by atoms with van der Waals surface area (Å²) < 4.78 is 0. The number of nitrogens with one attached hydrogen (secondary N) is 2. The van der Waals surface area contributed by atoms with Gasteiger partial charge in [0.1, 0.15) is 0 Å². The summed E-state index contributed by atoms with van der Waals surface area (Å²) in [5.74, 6) is 0. The third kappa shape index (κ3) is 4.90. The van der Waals surface area contributed by atoms with Crippen LogP contribution in [-0.4, -0.2) is 12.0 Å². The summed E-state index contributed by atoms with van der Waals surface area (Å²) in [5.41, 5.74) is 4.89. The summed E-state index contributed by atoms with van der Waals surface area (Å²) in [4.78, 5) is 8.97. The van der Waals surface area contributed by atoms with Gasteiger partial charge in [-0.3, -0.25) is 10.1 Å². The summed E-state index contributed by atoms with van der Waals surface area (Å²) in [7, 11) is 1.62. The molecule has 0 aromatic heterocycles. The van der Waals surface area contributed by atoms with Crippen LogP contribution in [0.1, 0.15) is 0 Å². The first-order valence-corrected chi connectivity index (χ1v) is 2.00. The topological polar surface area (TPSA) is 67.2 Å². The molecule has 0 aliphatic rings. The van der Waals surface area contributed by atoms with E-state index in [2.05, 4.69) is 10.9 Å². The fraction of sp³-hybridized carbons (Fsp3) is 0.333. The highest BCUT2D eigenvalue weighted by Crippen LogP contribution is 1.65. The molecule has 0 atom stereocenters. The molecule has 0 spiro atoms. The zero-order valence-corrected chi connectivity index (χ0v) is 4.42. The number of hydrogen-bond acceptors (Lipinski definition) is 4. The van der Waals surface area contributed by atoms with Crippen molar-refractivity contribution in [1.82, 2.24) is 10.9 Å². The van der Waals surface area contributed by atoms with E-state index in [1.807, 2.05) is 0 Å². The maximum absolute atomic E-state index is 9.53. The van der Waals surface area contributed by atoms with Gasteiger partial charge >= 0.3 is 0 Å². The lowest BCUT2D eigenvalue weighted by Gasteiger charge is -1.88. The van der Waals surface area contributed by atoms with Crippen LogP contribution in [0.4, 0.5) is 0 Å². The van der Waals surface area contributed by atoms with Gasteiger partial charge in [-0.25, -0.2) is 5.43 Å². The normalized spacial score (nSPS) is 9.62. The lowest BCUT2D eigenvalue weighted by Crippen LogP contribution is -2.20. The molecule has 0 bridgehead atoms. The number of nitro groups is 1. The van der Waals surface area contributed by atoms with Crippen LogP contribution >= 0.6 is 0 Å². The van der Waals surface area contributed by atoms with E-state index in [1.54, 1.807) is 7.05 Å². The molecule has 0 amide bonds. The van der Waals surface area contributed by atoms with Gasteiger partial charge in [-0.15, -0.1) is 0 Å². The van der Waals surface area contributed by atoms with Gasteiger partial charge in [0.05, 0.1) is 11.1 Å². The average Bonchev–Trinajstić information content (AvgIpc) is 1.66. The summed E-state index contributed by atoms with van der Waals surface area (Å²) in [6.07, 6.45) is 2.00. The Kier molecular flexibility index (Phi) is 3.51. The van der Waals surface area contributed by atoms with Crippen LogP contribution in [-0.2, 0) is 0 Å². The van der Waals surface area contributed by atoms with Crippen molar-refractivity contribution in [2.24, 2.45) is 0 Å². The van der Waals surface area contributed by atoms with Crippen molar-refractivity contribution in [2.75, 3.05) is 7.05 Å². The van der Waals surface area contributed by atoms with Crippen molar-refractivity contribution in [1.29, 1.82) is 0 Å². The minimum absolute atomic E-state index is 0.551. The molecule has 0 unspecified atom stereocenters.